The van der Waals surface area contributed by atoms with Gasteiger partial charge in [0.1, 0.15) is 0 Å². The number of pyridine rings is 1. The maximum absolute atomic E-state index is 2.37. The molecule has 0 N–H and O–H groups in total. The molecule has 3 aromatic carbocycles. The Labute approximate surface area is 141 Å². The average Bonchev–Trinajstić information content (AvgIpc) is 3.00. The predicted molar refractivity (Wildman–Crippen MR) is 98.9 cm³/mol. The van der Waals surface area contributed by atoms with Gasteiger partial charge in [0.15, 0.2) is 12.7 Å². The maximum atomic E-state index is 2.37. The van der Waals surface area contributed by atoms with Crippen LogP contribution in [0.25, 0.3) is 33.2 Å². The molecule has 0 amide bonds. The van der Waals surface area contributed by atoms with E-state index >= 15 is 0 Å². The molecular weight excluding hydrogens is 290 g/mol. The van der Waals surface area contributed by atoms with Crippen molar-refractivity contribution in [1.82, 2.24) is 0 Å². The molecule has 5 rings (SSSR count). The molecule has 0 spiro atoms. The maximum Gasteiger partial charge on any atom is 0.221 e. The Morgan fingerprint density at radius 3 is 2.58 bits per heavy atom. The van der Waals surface area contributed by atoms with Crippen LogP contribution in [-0.2, 0) is 6.54 Å². The van der Waals surface area contributed by atoms with E-state index in [4.69, 9.17) is 0 Å². The van der Waals surface area contributed by atoms with Gasteiger partial charge >= 0.3 is 0 Å². The molecule has 24 heavy (non-hydrogen) atoms. The van der Waals surface area contributed by atoms with Crippen molar-refractivity contribution in [2.75, 3.05) is 0 Å². The van der Waals surface area contributed by atoms with Gasteiger partial charge < -0.3 is 0 Å². The van der Waals surface area contributed by atoms with E-state index in [0.717, 1.165) is 6.54 Å². The molecule has 1 aliphatic rings. The number of rotatable bonds is 1. The largest absolute Gasteiger partial charge is 0.221 e. The van der Waals surface area contributed by atoms with E-state index in [2.05, 4.69) is 90.5 Å². The topological polar surface area (TPSA) is 3.88 Å². The van der Waals surface area contributed by atoms with E-state index in [0.29, 0.717) is 0 Å². The number of nitrogens with zero attached hydrogens (tertiary/aromatic N) is 1. The molecule has 0 saturated carbocycles. The highest BCUT2D eigenvalue weighted by atomic mass is 15.0. The fraction of sp³-hybridized carbons (Fsp3) is 0.0870. The normalized spacial score (nSPS) is 12.2. The molecule has 114 valence electrons. The van der Waals surface area contributed by atoms with Crippen LogP contribution in [0.3, 0.4) is 0 Å². The monoisotopic (exact) mass is 308 g/mol. The highest BCUT2D eigenvalue weighted by Gasteiger charge is 2.28. The third kappa shape index (κ3) is 1.98. The van der Waals surface area contributed by atoms with Crippen molar-refractivity contribution in [2.45, 2.75) is 13.5 Å². The molecular formula is C23H18N+. The van der Waals surface area contributed by atoms with E-state index in [1.54, 1.807) is 0 Å². The minimum absolute atomic E-state index is 0.962. The molecule has 0 bridgehead atoms. The van der Waals surface area contributed by atoms with Crippen LogP contribution in [-0.4, -0.2) is 0 Å². The molecule has 2 heterocycles. The minimum Gasteiger partial charge on any atom is -0.193 e. The first-order valence-corrected chi connectivity index (χ1v) is 8.41. The van der Waals surface area contributed by atoms with Gasteiger partial charge in [-0.15, -0.1) is 0 Å². The standard InChI is InChI=1S/C23H18N/c1-16-5-4-7-18(13-16)19-9-10-20-15-24-12-11-17-6-2-3-8-21(17)23(24)22(20)14-19/h2-14H,15H2,1H3/q+1. The Balaban J connectivity index is 1.76. The Morgan fingerprint density at radius 2 is 1.67 bits per heavy atom. The second-order valence-electron chi connectivity index (χ2n) is 6.62. The van der Waals surface area contributed by atoms with Gasteiger partial charge in [-0.3, -0.25) is 0 Å². The number of hydrogen-bond donors (Lipinski definition) is 0. The highest BCUT2D eigenvalue weighted by molar-refractivity contribution is 5.95. The van der Waals surface area contributed by atoms with E-state index in [1.165, 1.54) is 44.3 Å². The molecule has 1 aliphatic heterocycles. The SMILES string of the molecule is Cc1cccc(-c2ccc3c(c2)-c2c4ccccc4cc[n+]2C3)c1. The summed E-state index contributed by atoms with van der Waals surface area (Å²) in [6.45, 7) is 3.11. The van der Waals surface area contributed by atoms with E-state index in [1.807, 2.05) is 0 Å². The summed E-state index contributed by atoms with van der Waals surface area (Å²) in [4.78, 5) is 0. The zero-order valence-corrected chi connectivity index (χ0v) is 13.7. The van der Waals surface area contributed by atoms with Crippen LogP contribution < -0.4 is 4.57 Å². The zero-order valence-electron chi connectivity index (χ0n) is 13.7. The van der Waals surface area contributed by atoms with E-state index in [-0.39, 0.29) is 0 Å². The van der Waals surface area contributed by atoms with Crippen molar-refractivity contribution in [1.29, 1.82) is 0 Å². The van der Waals surface area contributed by atoms with Gasteiger partial charge in [-0.05, 0) is 35.6 Å². The molecule has 1 nitrogen and oxygen atoms in total. The third-order valence-electron chi connectivity index (χ3n) is 4.99. The smallest absolute Gasteiger partial charge is 0.193 e. The Morgan fingerprint density at radius 1 is 0.792 bits per heavy atom. The first kappa shape index (κ1) is 13.5. The summed E-state index contributed by atoms with van der Waals surface area (Å²) in [6.07, 6.45) is 2.21. The highest BCUT2D eigenvalue weighted by Crippen LogP contribution is 2.35. The van der Waals surface area contributed by atoms with E-state index in [9.17, 15) is 0 Å². The number of benzene rings is 3. The van der Waals surface area contributed by atoms with Crippen LogP contribution in [0.2, 0.25) is 0 Å². The molecule has 0 unspecified atom stereocenters. The third-order valence-corrected chi connectivity index (χ3v) is 4.99. The lowest BCUT2D eigenvalue weighted by molar-refractivity contribution is -0.671. The Kier molecular flexibility index (Phi) is 2.83. The second kappa shape index (κ2) is 5.04. The van der Waals surface area contributed by atoms with Gasteiger partial charge in [-0.2, -0.15) is 4.57 Å². The molecule has 0 aliphatic carbocycles. The lowest BCUT2D eigenvalue weighted by Crippen LogP contribution is -2.31. The van der Waals surface area contributed by atoms with Crippen LogP contribution >= 0.6 is 0 Å². The Bertz CT molecular complexity index is 1090. The number of aromatic nitrogens is 1. The van der Waals surface area contributed by atoms with Crippen LogP contribution in [0, 0.1) is 6.92 Å². The first-order chi connectivity index (χ1) is 11.8. The van der Waals surface area contributed by atoms with Crippen LogP contribution in [0.5, 0.6) is 0 Å². The number of hydrogen-bond acceptors (Lipinski definition) is 0. The molecule has 0 atom stereocenters. The molecule has 0 radical (unpaired) electrons. The summed E-state index contributed by atoms with van der Waals surface area (Å²) in [6, 6.07) is 26.5. The molecule has 1 aromatic heterocycles. The van der Waals surface area contributed by atoms with Crippen molar-refractivity contribution < 1.29 is 4.57 Å². The van der Waals surface area contributed by atoms with Gasteiger partial charge in [0, 0.05) is 11.6 Å². The second-order valence-corrected chi connectivity index (χ2v) is 6.62. The molecule has 4 aromatic rings. The van der Waals surface area contributed by atoms with Gasteiger partial charge in [0.25, 0.3) is 0 Å². The summed E-state index contributed by atoms with van der Waals surface area (Å²) in [5.41, 5.74) is 8.00. The van der Waals surface area contributed by atoms with Gasteiger partial charge in [0.05, 0.1) is 10.9 Å². The van der Waals surface area contributed by atoms with Crippen molar-refractivity contribution in [3.05, 3.63) is 90.1 Å². The van der Waals surface area contributed by atoms with Crippen LogP contribution in [0.15, 0.2) is 79.0 Å². The van der Waals surface area contributed by atoms with Crippen molar-refractivity contribution in [2.24, 2.45) is 0 Å². The molecule has 0 saturated heterocycles. The lowest BCUT2D eigenvalue weighted by Gasteiger charge is -2.05. The Hall–Kier alpha value is -2.93. The molecule has 0 fully saturated rings. The number of aryl methyl sites for hydroxylation is 1. The fourth-order valence-corrected chi connectivity index (χ4v) is 3.81. The van der Waals surface area contributed by atoms with Crippen molar-refractivity contribution in [3.8, 4) is 22.4 Å². The zero-order chi connectivity index (χ0) is 16.1. The van der Waals surface area contributed by atoms with Crippen LogP contribution in [0.1, 0.15) is 11.1 Å². The van der Waals surface area contributed by atoms with E-state index < -0.39 is 0 Å². The van der Waals surface area contributed by atoms with Gasteiger partial charge in [0.2, 0.25) is 5.69 Å². The number of fused-ring (bicyclic) bond motifs is 5. The van der Waals surface area contributed by atoms with Crippen molar-refractivity contribution >= 4 is 10.8 Å². The first-order valence-electron chi connectivity index (χ1n) is 8.41. The summed E-state index contributed by atoms with van der Waals surface area (Å²) >= 11 is 0. The quantitative estimate of drug-likeness (QED) is 0.378. The average molecular weight is 308 g/mol. The molecule has 1 heteroatoms. The lowest BCUT2D eigenvalue weighted by atomic mass is 9.96. The predicted octanol–water partition coefficient (Wildman–Crippen LogP) is 5.13. The summed E-state index contributed by atoms with van der Waals surface area (Å²) in [7, 11) is 0. The summed E-state index contributed by atoms with van der Waals surface area (Å²) in [5.74, 6) is 0. The summed E-state index contributed by atoms with van der Waals surface area (Å²) in [5, 5.41) is 2.64. The van der Waals surface area contributed by atoms with Gasteiger partial charge in [-0.1, -0.05) is 60.2 Å². The fourth-order valence-electron chi connectivity index (χ4n) is 3.81. The van der Waals surface area contributed by atoms with Crippen molar-refractivity contribution in [3.63, 3.8) is 0 Å². The van der Waals surface area contributed by atoms with Gasteiger partial charge in [-0.25, -0.2) is 0 Å². The summed E-state index contributed by atoms with van der Waals surface area (Å²) < 4.78 is 2.37. The van der Waals surface area contributed by atoms with Crippen LogP contribution in [0.4, 0.5) is 0 Å². The minimum atomic E-state index is 0.962.